The maximum Gasteiger partial charge on any atom is 0.323 e. The van der Waals surface area contributed by atoms with E-state index in [0.29, 0.717) is 37.0 Å². The Kier molecular flexibility index (Phi) is 3.42. The Morgan fingerprint density at radius 2 is 1.81 bits per heavy atom. The summed E-state index contributed by atoms with van der Waals surface area (Å²) in [4.78, 5) is 27.2. The summed E-state index contributed by atoms with van der Waals surface area (Å²) in [6, 6.07) is 4.50. The van der Waals surface area contributed by atoms with E-state index in [1.807, 2.05) is 0 Å². The van der Waals surface area contributed by atoms with Gasteiger partial charge < -0.3 is 14.8 Å². The van der Waals surface area contributed by atoms with Gasteiger partial charge in [0.05, 0.1) is 15.9 Å². The maximum absolute atomic E-state index is 12.6. The van der Waals surface area contributed by atoms with Gasteiger partial charge in [-0.15, -0.1) is 0 Å². The molecule has 0 amide bonds. The molecule has 0 unspecified atom stereocenters. The molecule has 0 radical (unpaired) electrons. The van der Waals surface area contributed by atoms with Gasteiger partial charge in [0.25, 0.3) is 0 Å². The molecule has 2 aromatic rings. The maximum atomic E-state index is 12.6. The lowest BCUT2D eigenvalue weighted by molar-refractivity contribution is -0.112. The van der Waals surface area contributed by atoms with Crippen LogP contribution in [0, 0.1) is 5.92 Å². The molecule has 2 heterocycles. The topological polar surface area (TPSA) is 103 Å². The molecule has 1 fully saturated rings. The summed E-state index contributed by atoms with van der Waals surface area (Å²) in [7, 11) is -3.59. The first-order chi connectivity index (χ1) is 10.0. The van der Waals surface area contributed by atoms with E-state index in [1.165, 1.54) is 16.4 Å². The SMILES string of the molecule is O=CC1CCN(S(=O)(=O)c2ccc3[nH]c(=O)[nH]c3c2)CC1. The molecule has 7 nitrogen and oxygen atoms in total. The number of sulfonamides is 1. The molecule has 3 rings (SSSR count). The zero-order valence-corrected chi connectivity index (χ0v) is 12.0. The molecule has 0 atom stereocenters. The Morgan fingerprint density at radius 1 is 1.14 bits per heavy atom. The van der Waals surface area contributed by atoms with Crippen molar-refractivity contribution in [1.82, 2.24) is 14.3 Å². The van der Waals surface area contributed by atoms with E-state index >= 15 is 0 Å². The van der Waals surface area contributed by atoms with Crippen LogP contribution in [0.4, 0.5) is 0 Å². The molecule has 1 aromatic carbocycles. The van der Waals surface area contributed by atoms with E-state index in [1.54, 1.807) is 6.07 Å². The number of nitrogens with zero attached hydrogens (tertiary/aromatic N) is 1. The van der Waals surface area contributed by atoms with Gasteiger partial charge in [-0.05, 0) is 31.0 Å². The number of fused-ring (bicyclic) bond motifs is 1. The Bertz CT molecular complexity index is 828. The third kappa shape index (κ3) is 2.52. The average Bonchev–Trinajstić information content (AvgIpc) is 2.86. The number of H-pyrrole nitrogens is 2. The van der Waals surface area contributed by atoms with Crippen LogP contribution >= 0.6 is 0 Å². The fourth-order valence-electron chi connectivity index (χ4n) is 2.57. The van der Waals surface area contributed by atoms with Crippen LogP contribution in [0.2, 0.25) is 0 Å². The minimum absolute atomic E-state index is 0.0556. The average molecular weight is 309 g/mol. The molecule has 1 aromatic heterocycles. The number of imidazole rings is 1. The fraction of sp³-hybridized carbons (Fsp3) is 0.385. The molecule has 0 spiro atoms. The molecule has 0 bridgehead atoms. The van der Waals surface area contributed by atoms with Crippen LogP contribution < -0.4 is 5.69 Å². The lowest BCUT2D eigenvalue weighted by Crippen LogP contribution is -2.38. The van der Waals surface area contributed by atoms with Crippen molar-refractivity contribution in [3.8, 4) is 0 Å². The van der Waals surface area contributed by atoms with Crippen LogP contribution in [-0.2, 0) is 14.8 Å². The zero-order chi connectivity index (χ0) is 15.0. The van der Waals surface area contributed by atoms with Crippen molar-refractivity contribution in [2.75, 3.05) is 13.1 Å². The van der Waals surface area contributed by atoms with Gasteiger partial charge in [-0.2, -0.15) is 4.31 Å². The number of rotatable bonds is 3. The number of aromatic amines is 2. The van der Waals surface area contributed by atoms with Crippen molar-refractivity contribution in [3.63, 3.8) is 0 Å². The predicted molar refractivity (Wildman–Crippen MR) is 76.5 cm³/mol. The monoisotopic (exact) mass is 309 g/mol. The summed E-state index contributed by atoms with van der Waals surface area (Å²) in [5.41, 5.74) is 0.661. The van der Waals surface area contributed by atoms with Crippen LogP contribution in [0.25, 0.3) is 11.0 Å². The first-order valence-electron chi connectivity index (χ1n) is 6.68. The number of piperidine rings is 1. The zero-order valence-electron chi connectivity index (χ0n) is 11.2. The van der Waals surface area contributed by atoms with Gasteiger partial charge in [0.2, 0.25) is 10.0 Å². The van der Waals surface area contributed by atoms with Crippen molar-refractivity contribution in [2.45, 2.75) is 17.7 Å². The summed E-state index contributed by atoms with van der Waals surface area (Å²) >= 11 is 0. The molecule has 112 valence electrons. The predicted octanol–water partition coefficient (Wildman–Crippen LogP) is 0.456. The van der Waals surface area contributed by atoms with Gasteiger partial charge in [-0.3, -0.25) is 0 Å². The van der Waals surface area contributed by atoms with Gasteiger partial charge in [0, 0.05) is 19.0 Å². The number of benzene rings is 1. The minimum atomic E-state index is -3.59. The summed E-state index contributed by atoms with van der Waals surface area (Å²) in [6.07, 6.45) is 1.98. The smallest absolute Gasteiger partial charge is 0.306 e. The number of aromatic nitrogens is 2. The summed E-state index contributed by atoms with van der Waals surface area (Å²) < 4.78 is 26.5. The van der Waals surface area contributed by atoms with Crippen LogP contribution in [0.15, 0.2) is 27.9 Å². The number of nitrogens with one attached hydrogen (secondary N) is 2. The van der Waals surface area contributed by atoms with Gasteiger partial charge in [-0.1, -0.05) is 0 Å². The molecule has 0 saturated carbocycles. The van der Waals surface area contributed by atoms with Crippen LogP contribution in [0.3, 0.4) is 0 Å². The highest BCUT2D eigenvalue weighted by molar-refractivity contribution is 7.89. The standard InChI is InChI=1S/C13H15N3O4S/c17-8-9-3-5-16(6-4-9)21(19,20)10-1-2-11-12(7-10)15-13(18)14-11/h1-2,7-9H,3-6H2,(H2,14,15,18). The van der Waals surface area contributed by atoms with Crippen LogP contribution in [0.5, 0.6) is 0 Å². The molecular formula is C13H15N3O4S. The number of hydrogen-bond donors (Lipinski definition) is 2. The molecule has 1 aliphatic heterocycles. The van der Waals surface area contributed by atoms with E-state index < -0.39 is 10.0 Å². The van der Waals surface area contributed by atoms with Gasteiger partial charge in [0.1, 0.15) is 6.29 Å². The Balaban J connectivity index is 1.92. The van der Waals surface area contributed by atoms with Crippen molar-refractivity contribution >= 4 is 27.3 Å². The van der Waals surface area contributed by atoms with Gasteiger partial charge in [0.15, 0.2) is 0 Å². The second-order valence-corrected chi connectivity index (χ2v) is 7.10. The third-order valence-corrected chi connectivity index (χ3v) is 5.71. The highest BCUT2D eigenvalue weighted by Crippen LogP contribution is 2.24. The first-order valence-corrected chi connectivity index (χ1v) is 8.12. The molecule has 0 aliphatic carbocycles. The van der Waals surface area contributed by atoms with Crippen LogP contribution in [0.1, 0.15) is 12.8 Å². The molecule has 21 heavy (non-hydrogen) atoms. The Morgan fingerprint density at radius 3 is 2.48 bits per heavy atom. The molecule has 1 aliphatic rings. The van der Waals surface area contributed by atoms with E-state index in [9.17, 15) is 18.0 Å². The number of hydrogen-bond acceptors (Lipinski definition) is 4. The number of aldehydes is 1. The summed E-state index contributed by atoms with van der Waals surface area (Å²) in [6.45, 7) is 0.681. The largest absolute Gasteiger partial charge is 0.323 e. The summed E-state index contributed by atoms with van der Waals surface area (Å²) in [5.74, 6) is -0.0556. The second kappa shape index (κ2) is 5.12. The van der Waals surface area contributed by atoms with Crippen molar-refractivity contribution < 1.29 is 13.2 Å². The quantitative estimate of drug-likeness (QED) is 0.804. The number of carbonyl (C=O) groups is 1. The van der Waals surface area contributed by atoms with E-state index in [4.69, 9.17) is 0 Å². The highest BCUT2D eigenvalue weighted by Gasteiger charge is 2.29. The highest BCUT2D eigenvalue weighted by atomic mass is 32.2. The Hall–Kier alpha value is -1.93. The van der Waals surface area contributed by atoms with Crippen LogP contribution in [-0.4, -0.2) is 42.1 Å². The normalized spacial score (nSPS) is 18.1. The van der Waals surface area contributed by atoms with Crippen molar-refractivity contribution in [3.05, 3.63) is 28.7 Å². The number of carbonyl (C=O) groups excluding carboxylic acids is 1. The summed E-state index contributed by atoms with van der Waals surface area (Å²) in [5, 5.41) is 0. The second-order valence-electron chi connectivity index (χ2n) is 5.16. The van der Waals surface area contributed by atoms with Gasteiger partial charge >= 0.3 is 5.69 Å². The Labute approximate surface area is 121 Å². The molecule has 8 heteroatoms. The van der Waals surface area contributed by atoms with Crippen molar-refractivity contribution in [2.24, 2.45) is 5.92 Å². The van der Waals surface area contributed by atoms with E-state index in [0.717, 1.165) is 6.29 Å². The lowest BCUT2D eigenvalue weighted by Gasteiger charge is -2.28. The molecule has 2 N–H and O–H groups in total. The molecule has 1 saturated heterocycles. The van der Waals surface area contributed by atoms with Gasteiger partial charge in [-0.25, -0.2) is 13.2 Å². The van der Waals surface area contributed by atoms with E-state index in [-0.39, 0.29) is 16.5 Å². The molecular weight excluding hydrogens is 294 g/mol. The third-order valence-electron chi connectivity index (χ3n) is 3.82. The van der Waals surface area contributed by atoms with Crippen molar-refractivity contribution in [1.29, 1.82) is 0 Å². The fourth-order valence-corrected chi connectivity index (χ4v) is 4.07. The lowest BCUT2D eigenvalue weighted by atomic mass is 10.0. The van der Waals surface area contributed by atoms with E-state index in [2.05, 4.69) is 9.97 Å². The minimum Gasteiger partial charge on any atom is -0.306 e. The first kappa shape index (κ1) is 14.0.